The van der Waals surface area contributed by atoms with Gasteiger partial charge in [-0.25, -0.2) is 0 Å². The maximum Gasteiger partial charge on any atom is 0.222 e. The molecule has 0 bridgehead atoms. The largest absolute Gasteiger partial charge is 0.784 e. The van der Waals surface area contributed by atoms with E-state index >= 15 is 0 Å². The molecular formula is C9H17N2O2-. The first-order valence-electron chi connectivity index (χ1n) is 4.46. The Kier molecular flexibility index (Phi) is 2.16. The Morgan fingerprint density at radius 3 is 2.08 bits per heavy atom. The Labute approximate surface area is 78.7 Å². The zero-order valence-corrected chi connectivity index (χ0v) is 8.63. The van der Waals surface area contributed by atoms with Crippen molar-refractivity contribution < 1.29 is 4.79 Å². The van der Waals surface area contributed by atoms with Gasteiger partial charge in [-0.3, -0.25) is 4.79 Å². The zero-order chi connectivity index (χ0) is 10.4. The van der Waals surface area contributed by atoms with Gasteiger partial charge >= 0.3 is 0 Å². The first-order valence-corrected chi connectivity index (χ1v) is 4.46. The number of amides is 1. The molecule has 1 unspecified atom stereocenters. The number of rotatable bonds is 1. The van der Waals surface area contributed by atoms with E-state index in [0.29, 0.717) is 6.42 Å². The van der Waals surface area contributed by atoms with Crippen LogP contribution in [-0.4, -0.2) is 22.0 Å². The molecule has 2 N–H and O–H groups in total. The van der Waals surface area contributed by atoms with Gasteiger partial charge in [-0.1, -0.05) is 0 Å². The van der Waals surface area contributed by atoms with Crippen molar-refractivity contribution in [3.05, 3.63) is 5.21 Å². The molecule has 13 heavy (non-hydrogen) atoms. The summed E-state index contributed by atoms with van der Waals surface area (Å²) in [6.07, 6.45) is 0.541. The van der Waals surface area contributed by atoms with Gasteiger partial charge in [0.25, 0.3) is 0 Å². The van der Waals surface area contributed by atoms with E-state index in [4.69, 9.17) is 5.73 Å². The molecule has 0 radical (unpaired) electrons. The summed E-state index contributed by atoms with van der Waals surface area (Å²) in [5.74, 6) is -0.726. The molecule has 1 saturated heterocycles. The van der Waals surface area contributed by atoms with Gasteiger partial charge in [-0.15, -0.1) is 0 Å². The van der Waals surface area contributed by atoms with Crippen molar-refractivity contribution in [1.82, 2.24) is 5.06 Å². The molecule has 1 aliphatic heterocycles. The summed E-state index contributed by atoms with van der Waals surface area (Å²) in [4.78, 5) is 11.1. The van der Waals surface area contributed by atoms with Crippen molar-refractivity contribution >= 4 is 5.91 Å². The average Bonchev–Trinajstić information content (AvgIpc) is 2.11. The molecule has 1 amide bonds. The van der Waals surface area contributed by atoms with Gasteiger partial charge in [0.2, 0.25) is 5.91 Å². The van der Waals surface area contributed by atoms with Crippen molar-refractivity contribution in [3.63, 3.8) is 0 Å². The Balaban J connectivity index is 3.00. The van der Waals surface area contributed by atoms with Gasteiger partial charge in [0, 0.05) is 11.1 Å². The van der Waals surface area contributed by atoms with Crippen molar-refractivity contribution in [3.8, 4) is 0 Å². The fourth-order valence-corrected chi connectivity index (χ4v) is 2.20. The highest BCUT2D eigenvalue weighted by molar-refractivity contribution is 5.78. The van der Waals surface area contributed by atoms with Crippen LogP contribution in [0.4, 0.5) is 0 Å². The van der Waals surface area contributed by atoms with Crippen molar-refractivity contribution in [2.75, 3.05) is 0 Å². The average molecular weight is 185 g/mol. The Bertz CT molecular complexity index is 236. The van der Waals surface area contributed by atoms with Gasteiger partial charge < -0.3 is 16.0 Å². The van der Waals surface area contributed by atoms with Crippen LogP contribution in [0.1, 0.15) is 34.1 Å². The number of carbonyl (C=O) groups excluding carboxylic acids is 1. The highest BCUT2D eigenvalue weighted by atomic mass is 16.5. The lowest BCUT2D eigenvalue weighted by Gasteiger charge is -2.47. The summed E-state index contributed by atoms with van der Waals surface area (Å²) in [5.41, 5.74) is 4.10. The quantitative estimate of drug-likeness (QED) is 0.658. The predicted octanol–water partition coefficient (Wildman–Crippen LogP) is 0.849. The molecule has 0 aromatic carbocycles. The smallest absolute Gasteiger partial charge is 0.222 e. The monoisotopic (exact) mass is 185 g/mol. The maximum absolute atomic E-state index is 11.8. The van der Waals surface area contributed by atoms with E-state index in [1.54, 1.807) is 13.8 Å². The summed E-state index contributed by atoms with van der Waals surface area (Å²) in [5, 5.41) is 12.8. The molecule has 1 rings (SSSR count). The van der Waals surface area contributed by atoms with Crippen LogP contribution < -0.4 is 5.73 Å². The summed E-state index contributed by atoms with van der Waals surface area (Å²) in [6.45, 7) is 7.21. The van der Waals surface area contributed by atoms with Gasteiger partial charge in [0.05, 0.1) is 5.92 Å². The van der Waals surface area contributed by atoms with Crippen LogP contribution >= 0.6 is 0 Å². The fraction of sp³-hybridized carbons (Fsp3) is 0.889. The zero-order valence-electron chi connectivity index (χ0n) is 8.63. The van der Waals surface area contributed by atoms with E-state index in [1.165, 1.54) is 0 Å². The number of carbonyl (C=O) groups is 1. The van der Waals surface area contributed by atoms with Crippen molar-refractivity contribution in [1.29, 1.82) is 0 Å². The summed E-state index contributed by atoms with van der Waals surface area (Å²) < 4.78 is 0. The van der Waals surface area contributed by atoms with Crippen LogP contribution in [0.5, 0.6) is 0 Å². The third-order valence-electron chi connectivity index (χ3n) is 2.97. The second kappa shape index (κ2) is 2.69. The highest BCUT2D eigenvalue weighted by Gasteiger charge is 2.48. The Morgan fingerprint density at radius 2 is 1.92 bits per heavy atom. The summed E-state index contributed by atoms with van der Waals surface area (Å²) >= 11 is 0. The number of hydrogen-bond donors (Lipinski definition) is 1. The van der Waals surface area contributed by atoms with E-state index < -0.39 is 11.1 Å². The lowest BCUT2D eigenvalue weighted by atomic mass is 9.86. The summed E-state index contributed by atoms with van der Waals surface area (Å²) in [6, 6.07) is 0. The van der Waals surface area contributed by atoms with Crippen molar-refractivity contribution in [2.45, 2.75) is 45.2 Å². The second-order valence-electron chi connectivity index (χ2n) is 4.92. The molecular weight excluding hydrogens is 168 g/mol. The van der Waals surface area contributed by atoms with Crippen LogP contribution in [-0.2, 0) is 4.79 Å². The maximum atomic E-state index is 11.8. The number of nitrogens with two attached hydrogens (primary N) is 1. The van der Waals surface area contributed by atoms with E-state index in [2.05, 4.69) is 0 Å². The topological polar surface area (TPSA) is 69.4 Å². The molecule has 4 nitrogen and oxygen atoms in total. The highest BCUT2D eigenvalue weighted by Crippen LogP contribution is 2.43. The lowest BCUT2D eigenvalue weighted by Crippen LogP contribution is -2.47. The number of hydrogen-bond acceptors (Lipinski definition) is 3. The van der Waals surface area contributed by atoms with E-state index in [1.807, 2.05) is 13.8 Å². The Hall–Kier alpha value is -0.610. The van der Waals surface area contributed by atoms with Crippen molar-refractivity contribution in [2.24, 2.45) is 11.7 Å². The van der Waals surface area contributed by atoms with E-state index in [9.17, 15) is 10.0 Å². The molecule has 1 aliphatic rings. The second-order valence-corrected chi connectivity index (χ2v) is 4.92. The van der Waals surface area contributed by atoms with Gasteiger partial charge in [0.15, 0.2) is 0 Å². The number of hydroxylamine groups is 2. The van der Waals surface area contributed by atoms with Crippen LogP contribution in [0, 0.1) is 11.1 Å². The van der Waals surface area contributed by atoms with E-state index in [-0.39, 0.29) is 11.8 Å². The molecule has 4 heteroatoms. The minimum Gasteiger partial charge on any atom is -0.784 e. The molecule has 1 fully saturated rings. The van der Waals surface area contributed by atoms with Crippen LogP contribution in [0.3, 0.4) is 0 Å². The minimum atomic E-state index is -0.671. The van der Waals surface area contributed by atoms with E-state index in [0.717, 1.165) is 5.06 Å². The van der Waals surface area contributed by atoms with Crippen LogP contribution in [0.15, 0.2) is 0 Å². The molecule has 76 valence electrons. The predicted molar refractivity (Wildman–Crippen MR) is 50.7 cm³/mol. The molecule has 1 atom stereocenters. The third-order valence-corrected chi connectivity index (χ3v) is 2.97. The SMILES string of the molecule is CC1(C)CC(C(N)=O)C(C)(C)N1[O-]. The minimum absolute atomic E-state index is 0.347. The van der Waals surface area contributed by atoms with Gasteiger partial charge in [-0.2, -0.15) is 0 Å². The van der Waals surface area contributed by atoms with Crippen LogP contribution in [0.2, 0.25) is 0 Å². The first-order chi connectivity index (χ1) is 5.69. The normalized spacial score (nSPS) is 31.9. The Morgan fingerprint density at radius 1 is 1.46 bits per heavy atom. The number of nitrogens with zero attached hydrogens (tertiary/aromatic N) is 1. The standard InChI is InChI=1S/C9H17N2O2/c1-8(2)5-6(7(10)12)9(3,4)11(8)13/h6H,5H2,1-4H3,(H2,10,12)/q-1. The fourth-order valence-electron chi connectivity index (χ4n) is 2.20. The third kappa shape index (κ3) is 1.44. The molecule has 0 spiro atoms. The molecule has 0 saturated carbocycles. The number of primary amides is 1. The first kappa shape index (κ1) is 10.5. The molecule has 0 aromatic rings. The van der Waals surface area contributed by atoms with Gasteiger partial charge in [-0.05, 0) is 34.1 Å². The van der Waals surface area contributed by atoms with Crippen LogP contribution in [0.25, 0.3) is 0 Å². The summed E-state index contributed by atoms with van der Waals surface area (Å²) in [7, 11) is 0. The van der Waals surface area contributed by atoms with Gasteiger partial charge in [0.1, 0.15) is 0 Å². The molecule has 1 heterocycles. The lowest BCUT2D eigenvalue weighted by molar-refractivity contribution is -0.123. The molecule has 0 aromatic heterocycles. The molecule has 0 aliphatic carbocycles.